The van der Waals surface area contributed by atoms with Crippen molar-refractivity contribution in [1.82, 2.24) is 5.32 Å². The van der Waals surface area contributed by atoms with Crippen molar-refractivity contribution in [2.75, 3.05) is 4.72 Å². The first kappa shape index (κ1) is 21.6. The molecule has 1 amide bonds. The highest BCUT2D eigenvalue weighted by molar-refractivity contribution is 7.92. The van der Waals surface area contributed by atoms with Crippen LogP contribution in [0.4, 0.5) is 5.69 Å². The fraction of sp³-hybridized carbons (Fsp3) is 0.115. The Morgan fingerprint density at radius 2 is 1.53 bits per heavy atom. The third-order valence-corrected chi connectivity index (χ3v) is 6.71. The van der Waals surface area contributed by atoms with Crippen LogP contribution in [0.3, 0.4) is 0 Å². The average molecular weight is 445 g/mol. The van der Waals surface area contributed by atoms with Crippen LogP contribution in [0.2, 0.25) is 0 Å². The summed E-state index contributed by atoms with van der Waals surface area (Å²) in [4.78, 5) is 12.8. The number of benzene rings is 4. The number of rotatable bonds is 6. The zero-order chi connectivity index (χ0) is 22.7. The van der Waals surface area contributed by atoms with Crippen LogP contribution in [0, 0.1) is 13.8 Å². The molecule has 0 unspecified atom stereocenters. The maximum atomic E-state index is 12.6. The van der Waals surface area contributed by atoms with Crippen molar-refractivity contribution in [1.29, 1.82) is 0 Å². The largest absolute Gasteiger partial charge is 0.348 e. The standard InChI is InChI=1S/C26H24N2O3S/c1-18-7-12-24(13-8-18)32(30,31)28-25-14-11-23(15-19(25)2)26(29)27-17-20-9-10-21-5-3-4-6-22(21)16-20/h3-16,28H,17H2,1-2H3,(H,27,29). The summed E-state index contributed by atoms with van der Waals surface area (Å²) < 4.78 is 27.9. The minimum absolute atomic E-state index is 0.194. The summed E-state index contributed by atoms with van der Waals surface area (Å²) in [6.45, 7) is 4.08. The Hall–Kier alpha value is -3.64. The second kappa shape index (κ2) is 8.85. The molecule has 5 nitrogen and oxygen atoms in total. The molecule has 0 aliphatic heterocycles. The van der Waals surface area contributed by atoms with Crippen LogP contribution in [-0.4, -0.2) is 14.3 Å². The number of amides is 1. The summed E-state index contributed by atoms with van der Waals surface area (Å²) in [6.07, 6.45) is 0. The van der Waals surface area contributed by atoms with Gasteiger partial charge in [-0.05, 0) is 72.1 Å². The van der Waals surface area contributed by atoms with Crippen molar-refractivity contribution in [3.63, 3.8) is 0 Å². The minimum atomic E-state index is -3.70. The molecule has 6 heteroatoms. The first-order valence-corrected chi connectivity index (χ1v) is 11.8. The molecule has 4 aromatic carbocycles. The van der Waals surface area contributed by atoms with E-state index >= 15 is 0 Å². The number of fused-ring (bicyclic) bond motifs is 1. The fourth-order valence-electron chi connectivity index (χ4n) is 3.47. The van der Waals surface area contributed by atoms with Gasteiger partial charge in [0.25, 0.3) is 15.9 Å². The monoisotopic (exact) mass is 444 g/mol. The molecule has 0 aliphatic rings. The Bertz CT molecular complexity index is 1390. The molecule has 0 saturated carbocycles. The third-order valence-electron chi connectivity index (χ3n) is 5.33. The van der Waals surface area contributed by atoms with Crippen molar-refractivity contribution in [3.05, 3.63) is 107 Å². The molecule has 2 N–H and O–H groups in total. The van der Waals surface area contributed by atoms with Gasteiger partial charge in [-0.2, -0.15) is 0 Å². The number of hydrogen-bond acceptors (Lipinski definition) is 3. The molecular formula is C26H24N2O3S. The Morgan fingerprint density at radius 1 is 0.812 bits per heavy atom. The SMILES string of the molecule is Cc1ccc(S(=O)(=O)Nc2ccc(C(=O)NCc3ccc4ccccc4c3)cc2C)cc1. The third kappa shape index (κ3) is 4.81. The number of nitrogens with one attached hydrogen (secondary N) is 2. The molecule has 162 valence electrons. The smallest absolute Gasteiger partial charge is 0.261 e. The molecule has 32 heavy (non-hydrogen) atoms. The Kier molecular flexibility index (Phi) is 5.97. The van der Waals surface area contributed by atoms with E-state index in [0.29, 0.717) is 23.4 Å². The van der Waals surface area contributed by atoms with Gasteiger partial charge < -0.3 is 5.32 Å². The molecule has 0 aromatic heterocycles. The second-order valence-electron chi connectivity index (χ2n) is 7.81. The highest BCUT2D eigenvalue weighted by atomic mass is 32.2. The zero-order valence-corrected chi connectivity index (χ0v) is 18.7. The van der Waals surface area contributed by atoms with Gasteiger partial charge >= 0.3 is 0 Å². The lowest BCUT2D eigenvalue weighted by Crippen LogP contribution is -2.23. The van der Waals surface area contributed by atoms with Crippen molar-refractivity contribution >= 4 is 32.4 Å². The molecule has 0 spiro atoms. The number of carbonyl (C=O) groups excluding carboxylic acids is 1. The Labute approximate surface area is 188 Å². The molecule has 0 radical (unpaired) electrons. The van der Waals surface area contributed by atoms with Gasteiger partial charge in [-0.3, -0.25) is 9.52 Å². The number of aryl methyl sites for hydroxylation is 2. The maximum absolute atomic E-state index is 12.6. The zero-order valence-electron chi connectivity index (χ0n) is 17.9. The molecule has 0 bridgehead atoms. The van der Waals surface area contributed by atoms with Crippen molar-refractivity contribution in [2.24, 2.45) is 0 Å². The molecule has 4 aromatic rings. The summed E-state index contributed by atoms with van der Waals surface area (Å²) in [7, 11) is -3.70. The van der Waals surface area contributed by atoms with E-state index in [4.69, 9.17) is 0 Å². The first-order valence-electron chi connectivity index (χ1n) is 10.3. The summed E-state index contributed by atoms with van der Waals surface area (Å²) in [5.74, 6) is -0.214. The van der Waals surface area contributed by atoms with Gasteiger partial charge in [-0.25, -0.2) is 8.42 Å². The van der Waals surface area contributed by atoms with Crippen LogP contribution >= 0.6 is 0 Å². The molecule has 0 atom stereocenters. The van der Waals surface area contributed by atoms with E-state index in [0.717, 1.165) is 21.9 Å². The lowest BCUT2D eigenvalue weighted by molar-refractivity contribution is 0.0951. The highest BCUT2D eigenvalue weighted by Gasteiger charge is 2.16. The van der Waals surface area contributed by atoms with Gasteiger partial charge in [-0.15, -0.1) is 0 Å². The van der Waals surface area contributed by atoms with Crippen molar-refractivity contribution in [2.45, 2.75) is 25.3 Å². The predicted octanol–water partition coefficient (Wildman–Crippen LogP) is 5.19. The van der Waals surface area contributed by atoms with E-state index in [-0.39, 0.29) is 10.8 Å². The van der Waals surface area contributed by atoms with Crippen molar-refractivity contribution in [3.8, 4) is 0 Å². The maximum Gasteiger partial charge on any atom is 0.261 e. The second-order valence-corrected chi connectivity index (χ2v) is 9.49. The van der Waals surface area contributed by atoms with Crippen molar-refractivity contribution < 1.29 is 13.2 Å². The van der Waals surface area contributed by atoms with Crippen LogP contribution < -0.4 is 10.0 Å². The van der Waals surface area contributed by atoms with E-state index in [1.165, 1.54) is 0 Å². The van der Waals surface area contributed by atoms with Gasteiger partial charge in [-0.1, -0.05) is 54.1 Å². The topological polar surface area (TPSA) is 75.3 Å². The van der Waals surface area contributed by atoms with E-state index < -0.39 is 10.0 Å². The molecule has 0 saturated heterocycles. The average Bonchev–Trinajstić information content (AvgIpc) is 2.79. The van der Waals surface area contributed by atoms with Gasteiger partial charge in [0, 0.05) is 12.1 Å². The van der Waals surface area contributed by atoms with E-state index in [1.54, 1.807) is 49.4 Å². The van der Waals surface area contributed by atoms with E-state index in [2.05, 4.69) is 22.2 Å². The highest BCUT2D eigenvalue weighted by Crippen LogP contribution is 2.22. The quantitative estimate of drug-likeness (QED) is 0.430. The summed E-state index contributed by atoms with van der Waals surface area (Å²) in [5, 5.41) is 5.21. The number of hydrogen-bond donors (Lipinski definition) is 2. The van der Waals surface area contributed by atoms with E-state index in [1.807, 2.05) is 37.3 Å². The van der Waals surface area contributed by atoms with Gasteiger partial charge in [0.1, 0.15) is 0 Å². The molecule has 4 rings (SSSR count). The Balaban J connectivity index is 1.44. The van der Waals surface area contributed by atoms with Crippen LogP contribution in [0.25, 0.3) is 10.8 Å². The summed E-state index contributed by atoms with van der Waals surface area (Å²) in [6, 6.07) is 25.7. The molecule has 0 aliphatic carbocycles. The summed E-state index contributed by atoms with van der Waals surface area (Å²) in [5.41, 5.74) is 3.58. The van der Waals surface area contributed by atoms with Crippen LogP contribution in [-0.2, 0) is 16.6 Å². The van der Waals surface area contributed by atoms with Crippen LogP contribution in [0.1, 0.15) is 27.0 Å². The number of carbonyl (C=O) groups is 1. The number of sulfonamides is 1. The molecule has 0 fully saturated rings. The molecule has 0 heterocycles. The number of anilines is 1. The van der Waals surface area contributed by atoms with Gasteiger partial charge in [0.2, 0.25) is 0 Å². The first-order chi connectivity index (χ1) is 15.3. The lowest BCUT2D eigenvalue weighted by atomic mass is 10.1. The van der Waals surface area contributed by atoms with E-state index in [9.17, 15) is 13.2 Å². The normalized spacial score (nSPS) is 11.3. The Morgan fingerprint density at radius 3 is 2.25 bits per heavy atom. The fourth-order valence-corrected chi connectivity index (χ4v) is 4.60. The summed E-state index contributed by atoms with van der Waals surface area (Å²) >= 11 is 0. The van der Waals surface area contributed by atoms with Crippen LogP contribution in [0.5, 0.6) is 0 Å². The molecular weight excluding hydrogens is 420 g/mol. The lowest BCUT2D eigenvalue weighted by Gasteiger charge is -2.12. The minimum Gasteiger partial charge on any atom is -0.348 e. The van der Waals surface area contributed by atoms with Crippen LogP contribution in [0.15, 0.2) is 89.8 Å². The van der Waals surface area contributed by atoms with Gasteiger partial charge in [0.05, 0.1) is 10.6 Å². The predicted molar refractivity (Wildman–Crippen MR) is 128 cm³/mol. The van der Waals surface area contributed by atoms with Gasteiger partial charge in [0.15, 0.2) is 0 Å².